The molecule has 15 nitrogen and oxygen atoms in total. The normalized spacial score (nSPS) is 15.2. The lowest BCUT2D eigenvalue weighted by atomic mass is 10.1. The summed E-state index contributed by atoms with van der Waals surface area (Å²) in [6.45, 7) is 1.62. The Balaban J connectivity index is 2.98. The van der Waals surface area contributed by atoms with Gasteiger partial charge in [-0.05, 0) is 26.3 Å². The van der Waals surface area contributed by atoms with Gasteiger partial charge in [0.05, 0.1) is 24.9 Å². The quantitative estimate of drug-likeness (QED) is 0.102. The summed E-state index contributed by atoms with van der Waals surface area (Å²) in [5, 5.41) is 34.7. The van der Waals surface area contributed by atoms with Crippen molar-refractivity contribution in [2.75, 3.05) is 6.54 Å². The van der Waals surface area contributed by atoms with E-state index in [0.29, 0.717) is 31.5 Å². The van der Waals surface area contributed by atoms with Crippen LogP contribution in [0.2, 0.25) is 0 Å². The average molecular weight is 500 g/mol. The third-order valence-corrected chi connectivity index (χ3v) is 4.97. The summed E-state index contributed by atoms with van der Waals surface area (Å²) in [5.74, 6) is -5.68. The van der Waals surface area contributed by atoms with Gasteiger partial charge in [-0.1, -0.05) is 6.42 Å². The Morgan fingerprint density at radius 2 is 1.69 bits per heavy atom. The molecule has 0 aliphatic heterocycles. The van der Waals surface area contributed by atoms with Gasteiger partial charge >= 0.3 is 11.9 Å². The van der Waals surface area contributed by atoms with E-state index in [0.717, 1.165) is 0 Å². The van der Waals surface area contributed by atoms with Crippen LogP contribution in [0.1, 0.15) is 38.3 Å². The Hall–Kier alpha value is -3.56. The number of aliphatic carboxylic acids is 2. The molecule has 1 aromatic heterocycles. The SMILES string of the molecule is C[C@@H](O)[C@H](NC(=O)[C@H](Cc1cnc[nH]1)NC(=O)[C@@H](N)CCCCN)C(=O)N[C@@H](CC(=O)O)C(=O)O. The van der Waals surface area contributed by atoms with Crippen LogP contribution in [0.3, 0.4) is 0 Å². The van der Waals surface area contributed by atoms with Crippen molar-refractivity contribution >= 4 is 29.7 Å². The molecule has 0 unspecified atom stereocenters. The molecular weight excluding hydrogens is 466 g/mol. The molecular formula is C20H33N7O8. The number of H-pyrrole nitrogens is 1. The summed E-state index contributed by atoms with van der Waals surface area (Å²) < 4.78 is 0. The number of hydrogen-bond donors (Lipinski definition) is 9. The highest BCUT2D eigenvalue weighted by atomic mass is 16.4. The summed E-state index contributed by atoms with van der Waals surface area (Å²) >= 11 is 0. The number of amides is 3. The van der Waals surface area contributed by atoms with E-state index in [9.17, 15) is 29.1 Å². The van der Waals surface area contributed by atoms with Crippen molar-refractivity contribution in [3.8, 4) is 0 Å². The molecule has 1 rings (SSSR count). The van der Waals surface area contributed by atoms with E-state index in [-0.39, 0.29) is 6.42 Å². The number of aliphatic hydroxyl groups is 1. The van der Waals surface area contributed by atoms with Crippen LogP contribution in [-0.4, -0.2) is 91.8 Å². The van der Waals surface area contributed by atoms with Crippen molar-refractivity contribution < 1.29 is 39.3 Å². The fourth-order valence-electron chi connectivity index (χ4n) is 3.04. The Bertz CT molecular complexity index is 862. The molecule has 1 heterocycles. The number of nitrogens with one attached hydrogen (secondary N) is 4. The third-order valence-electron chi connectivity index (χ3n) is 4.97. The van der Waals surface area contributed by atoms with Gasteiger partial charge in [0.25, 0.3) is 0 Å². The van der Waals surface area contributed by atoms with Crippen molar-refractivity contribution in [3.63, 3.8) is 0 Å². The molecule has 0 saturated heterocycles. The molecule has 11 N–H and O–H groups in total. The van der Waals surface area contributed by atoms with Crippen molar-refractivity contribution in [2.45, 2.75) is 69.3 Å². The predicted octanol–water partition coefficient (Wildman–Crippen LogP) is -3.20. The molecule has 15 heteroatoms. The van der Waals surface area contributed by atoms with Gasteiger partial charge in [-0.2, -0.15) is 0 Å². The summed E-state index contributed by atoms with van der Waals surface area (Å²) in [7, 11) is 0. The molecule has 0 saturated carbocycles. The minimum atomic E-state index is -1.79. The maximum Gasteiger partial charge on any atom is 0.326 e. The van der Waals surface area contributed by atoms with Gasteiger partial charge in [0.2, 0.25) is 17.7 Å². The van der Waals surface area contributed by atoms with E-state index in [1.165, 1.54) is 19.4 Å². The van der Waals surface area contributed by atoms with E-state index in [2.05, 4.69) is 20.6 Å². The number of carboxylic acids is 2. The van der Waals surface area contributed by atoms with Gasteiger partial charge in [-0.3, -0.25) is 19.2 Å². The average Bonchev–Trinajstić information content (AvgIpc) is 3.28. The minimum Gasteiger partial charge on any atom is -0.481 e. The number of imidazole rings is 1. The third kappa shape index (κ3) is 10.5. The van der Waals surface area contributed by atoms with Crippen molar-refractivity contribution in [1.82, 2.24) is 25.9 Å². The number of aliphatic hydroxyl groups excluding tert-OH is 1. The summed E-state index contributed by atoms with van der Waals surface area (Å²) in [4.78, 5) is 66.8. The van der Waals surface area contributed by atoms with Gasteiger partial charge in [-0.25, -0.2) is 9.78 Å². The first kappa shape index (κ1) is 29.5. The molecule has 5 atom stereocenters. The lowest BCUT2D eigenvalue weighted by molar-refractivity contribution is -0.148. The van der Waals surface area contributed by atoms with E-state index < -0.39 is 66.4 Å². The van der Waals surface area contributed by atoms with E-state index >= 15 is 0 Å². The Morgan fingerprint density at radius 3 is 2.20 bits per heavy atom. The molecule has 1 aromatic rings. The maximum absolute atomic E-state index is 13.0. The number of carboxylic acid groups (broad SMARTS) is 2. The number of nitrogens with two attached hydrogens (primary N) is 2. The molecule has 0 bridgehead atoms. The number of carbonyl (C=O) groups excluding carboxylic acids is 3. The number of carbonyl (C=O) groups is 5. The largest absolute Gasteiger partial charge is 0.481 e. The van der Waals surface area contributed by atoms with Crippen LogP contribution in [0.15, 0.2) is 12.5 Å². The van der Waals surface area contributed by atoms with Crippen LogP contribution < -0.4 is 27.4 Å². The highest BCUT2D eigenvalue weighted by Crippen LogP contribution is 2.05. The highest BCUT2D eigenvalue weighted by Gasteiger charge is 2.33. The van der Waals surface area contributed by atoms with E-state index in [1.807, 2.05) is 5.32 Å². The smallest absolute Gasteiger partial charge is 0.326 e. The van der Waals surface area contributed by atoms with Crippen molar-refractivity contribution in [2.24, 2.45) is 11.5 Å². The van der Waals surface area contributed by atoms with Crippen molar-refractivity contribution in [1.29, 1.82) is 0 Å². The van der Waals surface area contributed by atoms with Crippen LogP contribution >= 0.6 is 0 Å². The molecule has 196 valence electrons. The number of aromatic amines is 1. The summed E-state index contributed by atoms with van der Waals surface area (Å²) in [6, 6.07) is -5.57. The predicted molar refractivity (Wildman–Crippen MR) is 121 cm³/mol. The molecule has 0 fully saturated rings. The fraction of sp³-hybridized carbons (Fsp3) is 0.600. The number of aromatic nitrogens is 2. The first-order valence-corrected chi connectivity index (χ1v) is 10.9. The van der Waals surface area contributed by atoms with Crippen LogP contribution in [0.4, 0.5) is 0 Å². The zero-order valence-corrected chi connectivity index (χ0v) is 19.3. The second kappa shape index (κ2) is 14.6. The number of hydrogen-bond acceptors (Lipinski definition) is 9. The summed E-state index contributed by atoms with van der Waals surface area (Å²) in [6.07, 6.45) is 1.94. The molecule has 0 spiro atoms. The highest BCUT2D eigenvalue weighted by molar-refractivity contribution is 5.95. The second-order valence-corrected chi connectivity index (χ2v) is 7.96. The Morgan fingerprint density at radius 1 is 1.03 bits per heavy atom. The van der Waals surface area contributed by atoms with Gasteiger partial charge in [0.1, 0.15) is 18.1 Å². The first-order valence-electron chi connectivity index (χ1n) is 10.9. The zero-order chi connectivity index (χ0) is 26.5. The Labute approximate surface area is 201 Å². The van der Waals surface area contributed by atoms with Crippen LogP contribution in [0.25, 0.3) is 0 Å². The standard InChI is InChI=1S/C20H33N7O8/c1-10(28)16(19(33)26-14(20(34)35)7-15(29)30)27-18(32)13(6-11-8-23-9-24-11)25-17(31)12(22)4-2-3-5-21/h8-10,12-14,16,28H,2-7,21-22H2,1H3,(H,23,24)(H,25,31)(H,26,33)(H,27,32)(H,29,30)(H,34,35)/t10-,12+,13+,14+,16+/m1/s1. The van der Waals surface area contributed by atoms with Crippen molar-refractivity contribution in [3.05, 3.63) is 18.2 Å². The maximum atomic E-state index is 13.0. The first-order chi connectivity index (χ1) is 16.5. The lowest BCUT2D eigenvalue weighted by Gasteiger charge is -2.26. The fourth-order valence-corrected chi connectivity index (χ4v) is 3.04. The van der Waals surface area contributed by atoms with Gasteiger partial charge in [0.15, 0.2) is 0 Å². The number of nitrogens with zero attached hydrogens (tertiary/aromatic N) is 1. The van der Waals surface area contributed by atoms with Gasteiger partial charge in [-0.15, -0.1) is 0 Å². The van der Waals surface area contributed by atoms with Gasteiger partial charge in [0, 0.05) is 18.3 Å². The molecule has 0 aliphatic carbocycles. The lowest BCUT2D eigenvalue weighted by Crippen LogP contribution is -2.60. The summed E-state index contributed by atoms with van der Waals surface area (Å²) in [5.41, 5.74) is 11.8. The minimum absolute atomic E-state index is 0.0575. The molecule has 35 heavy (non-hydrogen) atoms. The monoisotopic (exact) mass is 499 g/mol. The molecule has 0 radical (unpaired) electrons. The van der Waals surface area contributed by atoms with Gasteiger partial charge < -0.3 is 47.7 Å². The zero-order valence-electron chi connectivity index (χ0n) is 19.3. The van der Waals surface area contributed by atoms with Crippen LogP contribution in [-0.2, 0) is 30.4 Å². The number of unbranched alkanes of at least 4 members (excludes halogenated alkanes) is 1. The molecule has 0 aromatic carbocycles. The van der Waals surface area contributed by atoms with Crippen LogP contribution in [0.5, 0.6) is 0 Å². The van der Waals surface area contributed by atoms with Crippen LogP contribution in [0, 0.1) is 0 Å². The topological polar surface area (TPSA) is 263 Å². The molecule has 3 amide bonds. The Kier molecular flexibility index (Phi) is 12.3. The number of rotatable bonds is 16. The molecule has 0 aliphatic rings. The van der Waals surface area contributed by atoms with E-state index in [1.54, 1.807) is 0 Å². The second-order valence-electron chi connectivity index (χ2n) is 7.96. The van der Waals surface area contributed by atoms with E-state index in [4.69, 9.17) is 21.7 Å².